The molecule has 32 heavy (non-hydrogen) atoms. The van der Waals surface area contributed by atoms with Gasteiger partial charge in [-0.3, -0.25) is 24.0 Å². The van der Waals surface area contributed by atoms with E-state index in [1.165, 1.54) is 38.3 Å². The van der Waals surface area contributed by atoms with Crippen LogP contribution in [0.1, 0.15) is 27.6 Å². The number of ketones is 1. The van der Waals surface area contributed by atoms with Crippen LogP contribution in [0.3, 0.4) is 0 Å². The zero-order chi connectivity index (χ0) is 23.5. The van der Waals surface area contributed by atoms with Crippen molar-refractivity contribution in [1.29, 1.82) is 0 Å². The fourth-order valence-corrected chi connectivity index (χ4v) is 2.39. The number of amides is 2. The van der Waals surface area contributed by atoms with Crippen molar-refractivity contribution in [3.8, 4) is 11.5 Å². The lowest BCUT2D eigenvalue weighted by Gasteiger charge is -2.08. The second-order valence-electron chi connectivity index (χ2n) is 6.39. The van der Waals surface area contributed by atoms with Crippen LogP contribution >= 0.6 is 0 Å². The third kappa shape index (κ3) is 7.90. The van der Waals surface area contributed by atoms with E-state index >= 15 is 0 Å². The smallest absolute Gasteiger partial charge is 0.325 e. The van der Waals surface area contributed by atoms with Gasteiger partial charge in [0.15, 0.2) is 12.4 Å². The predicted molar refractivity (Wildman–Crippen MR) is 111 cm³/mol. The number of esters is 2. The van der Waals surface area contributed by atoms with Crippen LogP contribution < -0.4 is 20.1 Å². The summed E-state index contributed by atoms with van der Waals surface area (Å²) in [7, 11) is 1.50. The van der Waals surface area contributed by atoms with E-state index in [0.29, 0.717) is 11.3 Å². The van der Waals surface area contributed by atoms with Crippen molar-refractivity contribution in [3.63, 3.8) is 0 Å². The normalized spacial score (nSPS) is 9.94. The summed E-state index contributed by atoms with van der Waals surface area (Å²) in [6, 6.07) is 12.1. The monoisotopic (exact) mass is 442 g/mol. The molecule has 0 aliphatic carbocycles. The van der Waals surface area contributed by atoms with E-state index in [0.717, 1.165) is 0 Å². The molecule has 0 saturated heterocycles. The van der Waals surface area contributed by atoms with Gasteiger partial charge in [-0.15, -0.1) is 0 Å². The molecule has 0 aliphatic heterocycles. The van der Waals surface area contributed by atoms with E-state index in [9.17, 15) is 24.0 Å². The van der Waals surface area contributed by atoms with Gasteiger partial charge in [0.2, 0.25) is 5.91 Å². The number of hydrogen-bond donors (Lipinski definition) is 2. The van der Waals surface area contributed by atoms with Crippen LogP contribution in [0, 0.1) is 0 Å². The minimum Gasteiger partial charge on any atom is -0.497 e. The fourth-order valence-electron chi connectivity index (χ4n) is 2.39. The van der Waals surface area contributed by atoms with Crippen LogP contribution in [0.25, 0.3) is 0 Å². The van der Waals surface area contributed by atoms with E-state index in [4.69, 9.17) is 14.2 Å². The molecule has 168 valence electrons. The van der Waals surface area contributed by atoms with E-state index in [1.54, 1.807) is 24.3 Å². The number of Topliss-reactive ketones (excluding diaryl/α,β-unsaturated/α-hetero) is 1. The van der Waals surface area contributed by atoms with Crippen molar-refractivity contribution in [2.75, 3.05) is 26.8 Å². The van der Waals surface area contributed by atoms with Crippen molar-refractivity contribution < 1.29 is 38.2 Å². The lowest BCUT2D eigenvalue weighted by atomic mass is 10.1. The number of carbonyl (C=O) groups excluding carboxylic acids is 5. The first-order chi connectivity index (χ1) is 15.3. The SMILES string of the molecule is COc1ccc(C(=O)NCC(=O)NCC(=O)OCC(=O)c2ccc(OC(C)=O)cc2)cc1. The second kappa shape index (κ2) is 11.8. The minimum absolute atomic E-state index is 0.263. The lowest BCUT2D eigenvalue weighted by Crippen LogP contribution is -2.39. The average molecular weight is 442 g/mol. The van der Waals surface area contributed by atoms with Crippen LogP contribution in [0.4, 0.5) is 0 Å². The van der Waals surface area contributed by atoms with Gasteiger partial charge in [0.05, 0.1) is 13.7 Å². The molecule has 2 aromatic rings. The van der Waals surface area contributed by atoms with E-state index in [2.05, 4.69) is 10.6 Å². The molecule has 0 fully saturated rings. The number of benzene rings is 2. The maximum Gasteiger partial charge on any atom is 0.325 e. The summed E-state index contributed by atoms with van der Waals surface area (Å²) in [5.41, 5.74) is 0.608. The highest BCUT2D eigenvalue weighted by Crippen LogP contribution is 2.13. The fraction of sp³-hybridized carbons (Fsp3) is 0.227. The molecule has 0 saturated carbocycles. The van der Waals surface area contributed by atoms with Gasteiger partial charge >= 0.3 is 11.9 Å². The lowest BCUT2D eigenvalue weighted by molar-refractivity contribution is -0.142. The molecule has 0 heterocycles. The Morgan fingerprint density at radius 1 is 0.781 bits per heavy atom. The van der Waals surface area contributed by atoms with Gasteiger partial charge in [0, 0.05) is 18.1 Å². The Labute approximate surface area is 183 Å². The Bertz CT molecular complexity index is 984. The maximum absolute atomic E-state index is 12.0. The number of ether oxygens (including phenoxy) is 3. The van der Waals surface area contributed by atoms with Gasteiger partial charge in [-0.2, -0.15) is 0 Å². The maximum atomic E-state index is 12.0. The summed E-state index contributed by atoms with van der Waals surface area (Å²) in [5, 5.41) is 4.71. The molecule has 0 radical (unpaired) electrons. The minimum atomic E-state index is -0.815. The first-order valence-corrected chi connectivity index (χ1v) is 9.44. The highest BCUT2D eigenvalue weighted by molar-refractivity contribution is 5.98. The Morgan fingerprint density at radius 3 is 1.97 bits per heavy atom. The first kappa shape index (κ1) is 24.1. The van der Waals surface area contributed by atoms with E-state index in [-0.39, 0.29) is 17.9 Å². The van der Waals surface area contributed by atoms with Crippen LogP contribution in [0.5, 0.6) is 11.5 Å². The number of methoxy groups -OCH3 is 1. The molecular weight excluding hydrogens is 420 g/mol. The Kier molecular flexibility index (Phi) is 8.91. The quantitative estimate of drug-likeness (QED) is 0.314. The molecule has 2 amide bonds. The van der Waals surface area contributed by atoms with Crippen molar-refractivity contribution >= 4 is 29.5 Å². The van der Waals surface area contributed by atoms with E-state index < -0.39 is 42.7 Å². The molecule has 10 nitrogen and oxygen atoms in total. The highest BCUT2D eigenvalue weighted by atomic mass is 16.5. The molecule has 0 atom stereocenters. The summed E-state index contributed by atoms with van der Waals surface area (Å²) in [5.74, 6) is -1.95. The van der Waals surface area contributed by atoms with Crippen molar-refractivity contribution in [1.82, 2.24) is 10.6 Å². The number of nitrogens with one attached hydrogen (secondary N) is 2. The number of rotatable bonds is 10. The topological polar surface area (TPSA) is 137 Å². The van der Waals surface area contributed by atoms with Gasteiger partial charge < -0.3 is 24.8 Å². The summed E-state index contributed by atoms with van der Waals surface area (Å²) in [6.07, 6.45) is 0. The number of hydrogen-bond acceptors (Lipinski definition) is 8. The summed E-state index contributed by atoms with van der Waals surface area (Å²) in [4.78, 5) is 58.4. The van der Waals surface area contributed by atoms with Gasteiger partial charge in [-0.25, -0.2) is 0 Å². The van der Waals surface area contributed by atoms with Gasteiger partial charge in [-0.1, -0.05) is 0 Å². The van der Waals surface area contributed by atoms with Crippen LogP contribution in [-0.4, -0.2) is 56.3 Å². The summed E-state index contributed by atoms with van der Waals surface area (Å²) in [6.45, 7) is -0.0658. The highest BCUT2D eigenvalue weighted by Gasteiger charge is 2.13. The van der Waals surface area contributed by atoms with Crippen LogP contribution in [-0.2, 0) is 19.1 Å². The average Bonchev–Trinajstić information content (AvgIpc) is 2.79. The molecule has 0 aromatic heterocycles. The van der Waals surface area contributed by atoms with Crippen molar-refractivity contribution in [3.05, 3.63) is 59.7 Å². The van der Waals surface area contributed by atoms with Crippen LogP contribution in [0.15, 0.2) is 48.5 Å². The molecule has 0 aliphatic rings. The molecule has 0 unspecified atom stereocenters. The third-order valence-electron chi connectivity index (χ3n) is 3.99. The molecular formula is C22H22N2O8. The molecule has 2 rings (SSSR count). The summed E-state index contributed by atoms with van der Waals surface area (Å²) >= 11 is 0. The van der Waals surface area contributed by atoms with E-state index in [1.807, 2.05) is 0 Å². The third-order valence-corrected chi connectivity index (χ3v) is 3.99. The first-order valence-electron chi connectivity index (χ1n) is 9.44. The predicted octanol–water partition coefficient (Wildman–Crippen LogP) is 0.893. The Balaban J connectivity index is 1.68. The van der Waals surface area contributed by atoms with Gasteiger partial charge in [-0.05, 0) is 48.5 Å². The van der Waals surface area contributed by atoms with Crippen molar-refractivity contribution in [2.24, 2.45) is 0 Å². The van der Waals surface area contributed by atoms with Gasteiger partial charge in [0.1, 0.15) is 18.0 Å². The largest absolute Gasteiger partial charge is 0.497 e. The van der Waals surface area contributed by atoms with Crippen molar-refractivity contribution in [2.45, 2.75) is 6.92 Å². The summed E-state index contributed by atoms with van der Waals surface area (Å²) < 4.78 is 14.7. The molecule has 2 aromatic carbocycles. The standard InChI is InChI=1S/C22H22N2O8/c1-14(25)32-18-9-3-15(4-10-18)19(26)13-31-21(28)12-23-20(27)11-24-22(29)16-5-7-17(30-2)8-6-16/h3-10H,11-13H2,1-2H3,(H,23,27)(H,24,29). The Morgan fingerprint density at radius 2 is 1.38 bits per heavy atom. The second-order valence-corrected chi connectivity index (χ2v) is 6.39. The Hall–Kier alpha value is -4.21. The molecule has 10 heteroatoms. The number of carbonyl (C=O) groups is 5. The zero-order valence-electron chi connectivity index (χ0n) is 17.5. The van der Waals surface area contributed by atoms with Crippen LogP contribution in [0.2, 0.25) is 0 Å². The molecule has 0 spiro atoms. The van der Waals surface area contributed by atoms with Gasteiger partial charge in [0.25, 0.3) is 5.91 Å². The molecule has 0 bridgehead atoms. The zero-order valence-corrected chi connectivity index (χ0v) is 17.5. The molecule has 2 N–H and O–H groups in total.